The molecule has 0 radical (unpaired) electrons. The summed E-state index contributed by atoms with van der Waals surface area (Å²) in [7, 11) is 1.46. The molecule has 0 aliphatic carbocycles. The third kappa shape index (κ3) is 5.10. The molecule has 2 atom stereocenters. The van der Waals surface area contributed by atoms with Crippen molar-refractivity contribution in [1.82, 2.24) is 10.3 Å². The van der Waals surface area contributed by atoms with Crippen molar-refractivity contribution in [2.24, 2.45) is 0 Å². The Hall–Kier alpha value is -4.61. The van der Waals surface area contributed by atoms with E-state index in [0.29, 0.717) is 27.9 Å². The third-order valence-corrected chi connectivity index (χ3v) is 6.40. The number of amides is 1. The number of carbonyl (C=O) groups excluding carboxylic acids is 1. The molecule has 3 heterocycles. The minimum Gasteiger partial charge on any atom is -0.459 e. The van der Waals surface area contributed by atoms with E-state index in [1.54, 1.807) is 30.5 Å². The Kier molecular flexibility index (Phi) is 7.11. The number of nitro groups is 1. The largest absolute Gasteiger partial charge is 0.459 e. The van der Waals surface area contributed by atoms with Gasteiger partial charge in [0, 0.05) is 42.4 Å². The average molecular weight is 530 g/mol. The first-order valence-corrected chi connectivity index (χ1v) is 12.1. The summed E-state index contributed by atoms with van der Waals surface area (Å²) in [5, 5.41) is 17.7. The summed E-state index contributed by atoms with van der Waals surface area (Å²) >= 11 is 5.75. The van der Waals surface area contributed by atoms with Crippen molar-refractivity contribution in [2.75, 3.05) is 23.9 Å². The molecule has 2 N–H and O–H groups in total. The number of non-ortho nitro benzene ring substituents is 1. The Morgan fingerprint density at radius 1 is 1.13 bits per heavy atom. The van der Waals surface area contributed by atoms with Gasteiger partial charge in [0.1, 0.15) is 24.2 Å². The van der Waals surface area contributed by atoms with Crippen LogP contribution >= 0.6 is 12.2 Å². The number of hydrogen-bond donors (Lipinski definition) is 2. The molecule has 11 heteroatoms. The first kappa shape index (κ1) is 25.1. The molecular weight excluding hydrogens is 506 g/mol. The van der Waals surface area contributed by atoms with Gasteiger partial charge in [0.25, 0.3) is 5.69 Å². The molecule has 4 aromatic rings. The molecule has 10 nitrogen and oxygen atoms in total. The van der Waals surface area contributed by atoms with Gasteiger partial charge in [-0.2, -0.15) is 0 Å². The number of nitrogens with zero attached hydrogens (tertiary/aromatic N) is 3. The Labute approximate surface area is 223 Å². The highest BCUT2D eigenvalue weighted by Crippen LogP contribution is 2.43. The molecule has 2 aromatic heterocycles. The number of aromatic nitrogens is 1. The fourth-order valence-corrected chi connectivity index (χ4v) is 4.72. The number of furan rings is 1. The summed E-state index contributed by atoms with van der Waals surface area (Å²) in [4.78, 5) is 29.0. The van der Waals surface area contributed by atoms with Crippen LogP contribution in [0.15, 0.2) is 89.5 Å². The number of rotatable bonds is 8. The molecule has 1 aliphatic rings. The van der Waals surface area contributed by atoms with Crippen molar-refractivity contribution in [2.45, 2.75) is 12.1 Å². The van der Waals surface area contributed by atoms with Crippen molar-refractivity contribution in [1.29, 1.82) is 0 Å². The maximum Gasteiger partial charge on any atom is 0.269 e. The van der Waals surface area contributed by atoms with Crippen LogP contribution in [0.3, 0.4) is 0 Å². The molecule has 1 aliphatic heterocycles. The molecule has 192 valence electrons. The number of pyridine rings is 1. The van der Waals surface area contributed by atoms with Crippen LogP contribution in [0, 0.1) is 10.1 Å². The second-order valence-electron chi connectivity index (χ2n) is 8.53. The summed E-state index contributed by atoms with van der Waals surface area (Å²) in [6.07, 6.45) is 1.72. The van der Waals surface area contributed by atoms with Crippen molar-refractivity contribution >= 4 is 40.3 Å². The number of thiocarbonyl (C=S) groups is 1. The Balaban J connectivity index is 1.49. The molecule has 38 heavy (non-hydrogen) atoms. The van der Waals surface area contributed by atoms with Crippen LogP contribution in [0.4, 0.5) is 17.1 Å². The molecule has 0 unspecified atom stereocenters. The van der Waals surface area contributed by atoms with Crippen LogP contribution in [-0.2, 0) is 9.53 Å². The van der Waals surface area contributed by atoms with Gasteiger partial charge in [0.05, 0.1) is 16.7 Å². The number of carbonyl (C=O) groups is 1. The summed E-state index contributed by atoms with van der Waals surface area (Å²) in [6, 6.07) is 22.2. The number of hydrogen-bond acceptors (Lipinski definition) is 7. The van der Waals surface area contributed by atoms with E-state index in [1.807, 2.05) is 47.4 Å². The molecule has 2 aromatic carbocycles. The van der Waals surface area contributed by atoms with E-state index in [9.17, 15) is 14.9 Å². The lowest BCUT2D eigenvalue weighted by atomic mass is 10.0. The topological polar surface area (TPSA) is 123 Å². The zero-order valence-corrected chi connectivity index (χ0v) is 21.1. The fraction of sp³-hybridized carbons (Fsp3) is 0.148. The summed E-state index contributed by atoms with van der Waals surface area (Å²) in [6.45, 7) is -0.0364. The molecule has 0 saturated carbocycles. The Bertz CT molecular complexity index is 1460. The second-order valence-corrected chi connectivity index (χ2v) is 8.92. The van der Waals surface area contributed by atoms with E-state index in [1.165, 1.54) is 19.2 Å². The molecule has 1 amide bonds. The van der Waals surface area contributed by atoms with Crippen LogP contribution in [0.2, 0.25) is 0 Å². The average Bonchev–Trinajstić information content (AvgIpc) is 3.54. The van der Waals surface area contributed by atoms with Crippen LogP contribution in [0.5, 0.6) is 0 Å². The van der Waals surface area contributed by atoms with Gasteiger partial charge < -0.3 is 24.7 Å². The van der Waals surface area contributed by atoms with E-state index in [2.05, 4.69) is 15.6 Å². The predicted octanol–water partition coefficient (Wildman–Crippen LogP) is 5.01. The second kappa shape index (κ2) is 10.8. The van der Waals surface area contributed by atoms with Crippen molar-refractivity contribution in [3.8, 4) is 11.3 Å². The highest BCUT2D eigenvalue weighted by atomic mass is 32.1. The van der Waals surface area contributed by atoms with Crippen LogP contribution in [0.25, 0.3) is 11.3 Å². The SMILES string of the molecule is COCC(=O)Nc1ccc(N2C(=S)N[C@@H](c3ccccn3)[C@H]2c2ccc(-c3ccc([N+](=O)[O-])cc3)o2)cc1. The van der Waals surface area contributed by atoms with Gasteiger partial charge in [-0.15, -0.1) is 0 Å². The van der Waals surface area contributed by atoms with Crippen molar-refractivity contribution in [3.05, 3.63) is 107 Å². The maximum atomic E-state index is 11.9. The van der Waals surface area contributed by atoms with Gasteiger partial charge in [-0.3, -0.25) is 19.9 Å². The number of anilines is 2. The van der Waals surface area contributed by atoms with Gasteiger partial charge in [-0.1, -0.05) is 6.07 Å². The first-order valence-electron chi connectivity index (χ1n) is 11.7. The monoisotopic (exact) mass is 529 g/mol. The minimum atomic E-state index is -0.438. The lowest BCUT2D eigenvalue weighted by Gasteiger charge is -2.26. The fourth-order valence-electron chi connectivity index (χ4n) is 4.37. The van der Waals surface area contributed by atoms with Gasteiger partial charge >= 0.3 is 0 Å². The minimum absolute atomic E-state index is 0.00844. The van der Waals surface area contributed by atoms with Crippen molar-refractivity contribution < 1.29 is 18.9 Å². The lowest BCUT2D eigenvalue weighted by molar-refractivity contribution is -0.384. The molecule has 0 bridgehead atoms. The maximum absolute atomic E-state index is 11.9. The van der Waals surface area contributed by atoms with Crippen LogP contribution < -0.4 is 15.5 Å². The normalized spacial score (nSPS) is 16.8. The Morgan fingerprint density at radius 3 is 2.55 bits per heavy atom. The van der Waals surface area contributed by atoms with E-state index < -0.39 is 4.92 Å². The first-order chi connectivity index (χ1) is 18.4. The quantitative estimate of drug-likeness (QED) is 0.184. The number of benzene rings is 2. The van der Waals surface area contributed by atoms with Gasteiger partial charge in [0.15, 0.2) is 5.11 Å². The van der Waals surface area contributed by atoms with E-state index in [-0.39, 0.29) is 30.3 Å². The van der Waals surface area contributed by atoms with Crippen LogP contribution in [-0.4, -0.2) is 34.6 Å². The van der Waals surface area contributed by atoms with E-state index >= 15 is 0 Å². The highest BCUT2D eigenvalue weighted by Gasteiger charge is 2.42. The molecular formula is C27H23N5O5S. The smallest absolute Gasteiger partial charge is 0.269 e. The van der Waals surface area contributed by atoms with Crippen molar-refractivity contribution in [3.63, 3.8) is 0 Å². The van der Waals surface area contributed by atoms with Crippen LogP contribution in [0.1, 0.15) is 23.5 Å². The number of ether oxygens (including phenoxy) is 1. The third-order valence-electron chi connectivity index (χ3n) is 6.08. The zero-order chi connectivity index (χ0) is 26.6. The van der Waals surface area contributed by atoms with Gasteiger partial charge in [0.2, 0.25) is 5.91 Å². The number of nitro benzene ring substituents is 1. The summed E-state index contributed by atoms with van der Waals surface area (Å²) in [5.41, 5.74) is 2.94. The van der Waals surface area contributed by atoms with Gasteiger partial charge in [-0.25, -0.2) is 0 Å². The standard InChI is InChI=1S/C27H23N5O5S/c1-36-16-24(33)29-18-7-11-19(12-8-18)31-26(25(30-27(31)38)21-4-2-3-15-28-21)23-14-13-22(37-23)17-5-9-20(10-6-17)32(34)35/h2-15,25-26H,16H2,1H3,(H,29,33)(H,30,38)/t25-,26+/m0/s1. The molecule has 5 rings (SSSR count). The lowest BCUT2D eigenvalue weighted by Crippen LogP contribution is -2.29. The highest BCUT2D eigenvalue weighted by molar-refractivity contribution is 7.80. The zero-order valence-electron chi connectivity index (χ0n) is 20.2. The molecule has 0 spiro atoms. The van der Waals surface area contributed by atoms with Gasteiger partial charge in [-0.05, 0) is 72.9 Å². The summed E-state index contributed by atoms with van der Waals surface area (Å²) in [5.74, 6) is 0.962. The Morgan fingerprint density at radius 2 is 1.89 bits per heavy atom. The number of nitrogens with one attached hydrogen (secondary N) is 2. The van der Waals surface area contributed by atoms with E-state index in [4.69, 9.17) is 21.4 Å². The molecule has 1 fully saturated rings. The predicted molar refractivity (Wildman–Crippen MR) is 146 cm³/mol. The molecule has 1 saturated heterocycles. The summed E-state index contributed by atoms with van der Waals surface area (Å²) < 4.78 is 11.2. The number of methoxy groups -OCH3 is 1. The van der Waals surface area contributed by atoms with E-state index in [0.717, 1.165) is 11.4 Å².